The highest BCUT2D eigenvalue weighted by atomic mass is 32.2. The summed E-state index contributed by atoms with van der Waals surface area (Å²) >= 11 is 0. The molecule has 2 aliphatic heterocycles. The molecule has 13 heteroatoms. The molecule has 3 aromatic carbocycles. The van der Waals surface area contributed by atoms with E-state index in [9.17, 15) is 27.0 Å². The van der Waals surface area contributed by atoms with E-state index in [-0.39, 0.29) is 29.0 Å². The van der Waals surface area contributed by atoms with Crippen molar-refractivity contribution in [2.75, 3.05) is 46.0 Å². The zero-order chi connectivity index (χ0) is 35.4. The zero-order valence-electron chi connectivity index (χ0n) is 28.6. The number of aliphatic hydroxyl groups is 2. The number of hydrogen-bond acceptors (Lipinski definition) is 10. The SMILES string of the molecule is CCCNCc1ccc(-c2cccc(S(=O)(=O)N3CCC4(CC3)C[C@H](NC[C@H](O)COc3cccc(S(=O)(=O)C5(CO)CC5)c3)CO4)c2)cc1. The molecule has 2 atom stereocenters. The number of aliphatic hydroxyl groups excluding tert-OH is 2. The highest BCUT2D eigenvalue weighted by molar-refractivity contribution is 7.93. The number of hydrogen-bond donors (Lipinski definition) is 4. The van der Waals surface area contributed by atoms with Crippen LogP contribution < -0.4 is 15.4 Å². The minimum absolute atomic E-state index is 0.0000119. The van der Waals surface area contributed by atoms with Gasteiger partial charge in [-0.3, -0.25) is 0 Å². The first-order valence-electron chi connectivity index (χ1n) is 17.5. The Bertz CT molecular complexity index is 1820. The van der Waals surface area contributed by atoms with Gasteiger partial charge in [0.1, 0.15) is 18.5 Å². The summed E-state index contributed by atoms with van der Waals surface area (Å²) in [5.41, 5.74) is 2.60. The van der Waals surface area contributed by atoms with Crippen molar-refractivity contribution in [3.8, 4) is 16.9 Å². The Balaban J connectivity index is 0.965. The predicted octanol–water partition coefficient (Wildman–Crippen LogP) is 3.49. The molecule has 4 N–H and O–H groups in total. The van der Waals surface area contributed by atoms with Crippen LogP contribution in [0.2, 0.25) is 0 Å². The number of nitrogens with zero attached hydrogens (tertiary/aromatic N) is 1. The molecule has 3 aliphatic rings. The van der Waals surface area contributed by atoms with Crippen LogP contribution in [0.4, 0.5) is 0 Å². The van der Waals surface area contributed by atoms with Crippen molar-refractivity contribution in [2.24, 2.45) is 0 Å². The lowest BCUT2D eigenvalue weighted by molar-refractivity contribution is -0.0312. The van der Waals surface area contributed by atoms with Gasteiger partial charge in [-0.2, -0.15) is 4.31 Å². The van der Waals surface area contributed by atoms with E-state index in [4.69, 9.17) is 9.47 Å². The quantitative estimate of drug-likeness (QED) is 0.161. The summed E-state index contributed by atoms with van der Waals surface area (Å²) in [5.74, 6) is 0.333. The van der Waals surface area contributed by atoms with E-state index in [1.165, 1.54) is 17.7 Å². The van der Waals surface area contributed by atoms with Gasteiger partial charge in [-0.25, -0.2) is 16.8 Å². The second-order valence-corrected chi connectivity index (χ2v) is 18.2. The Morgan fingerprint density at radius 1 is 0.940 bits per heavy atom. The van der Waals surface area contributed by atoms with Crippen molar-refractivity contribution in [1.29, 1.82) is 0 Å². The van der Waals surface area contributed by atoms with Crippen LogP contribution in [0.15, 0.2) is 82.6 Å². The van der Waals surface area contributed by atoms with Crippen LogP contribution in [0.5, 0.6) is 5.75 Å². The predicted molar refractivity (Wildman–Crippen MR) is 191 cm³/mol. The monoisotopic (exact) mass is 727 g/mol. The van der Waals surface area contributed by atoms with Crippen LogP contribution >= 0.6 is 0 Å². The molecule has 11 nitrogen and oxygen atoms in total. The molecule has 2 heterocycles. The van der Waals surface area contributed by atoms with Crippen LogP contribution in [0.3, 0.4) is 0 Å². The second-order valence-electron chi connectivity index (χ2n) is 13.9. The molecule has 272 valence electrons. The van der Waals surface area contributed by atoms with Crippen LogP contribution in [0.25, 0.3) is 11.1 Å². The van der Waals surface area contributed by atoms with Gasteiger partial charge in [0.2, 0.25) is 10.0 Å². The number of ether oxygens (including phenoxy) is 2. The fourth-order valence-electron chi connectivity index (χ4n) is 6.85. The Hall–Kier alpha value is -2.88. The summed E-state index contributed by atoms with van der Waals surface area (Å²) < 4.78 is 65.7. The van der Waals surface area contributed by atoms with Gasteiger partial charge in [-0.1, -0.05) is 49.4 Å². The van der Waals surface area contributed by atoms with Gasteiger partial charge in [-0.15, -0.1) is 0 Å². The average molecular weight is 728 g/mol. The maximum Gasteiger partial charge on any atom is 0.243 e. The Kier molecular flexibility index (Phi) is 11.4. The van der Waals surface area contributed by atoms with Gasteiger partial charge in [0.15, 0.2) is 9.84 Å². The van der Waals surface area contributed by atoms with Crippen LogP contribution in [0, 0.1) is 0 Å². The van der Waals surface area contributed by atoms with Gasteiger partial charge < -0.3 is 30.3 Å². The molecule has 1 aliphatic carbocycles. The van der Waals surface area contributed by atoms with E-state index in [2.05, 4.69) is 29.7 Å². The Morgan fingerprint density at radius 3 is 2.36 bits per heavy atom. The van der Waals surface area contributed by atoms with E-state index in [0.29, 0.717) is 57.6 Å². The highest BCUT2D eigenvalue weighted by Gasteiger charge is 2.54. The lowest BCUT2D eigenvalue weighted by Crippen LogP contribution is -2.47. The molecule has 3 aromatic rings. The molecule has 0 aromatic heterocycles. The van der Waals surface area contributed by atoms with Crippen molar-refractivity contribution in [3.05, 3.63) is 78.4 Å². The van der Waals surface area contributed by atoms with Crippen molar-refractivity contribution in [1.82, 2.24) is 14.9 Å². The van der Waals surface area contributed by atoms with Gasteiger partial charge >= 0.3 is 0 Å². The first-order chi connectivity index (χ1) is 24.0. The fourth-order valence-corrected chi connectivity index (χ4v) is 10.2. The number of benzene rings is 3. The lowest BCUT2D eigenvalue weighted by atomic mass is 9.88. The number of sulfone groups is 1. The zero-order valence-corrected chi connectivity index (χ0v) is 30.2. The van der Waals surface area contributed by atoms with E-state index >= 15 is 0 Å². The number of rotatable bonds is 16. The van der Waals surface area contributed by atoms with Gasteiger partial charge in [0.05, 0.1) is 33.4 Å². The summed E-state index contributed by atoms with van der Waals surface area (Å²) in [7, 11) is -7.36. The third kappa shape index (κ3) is 8.10. The first-order valence-corrected chi connectivity index (χ1v) is 20.5. The minimum atomic E-state index is -3.68. The van der Waals surface area contributed by atoms with E-state index in [1.807, 2.05) is 18.2 Å². The summed E-state index contributed by atoms with van der Waals surface area (Å²) in [6.45, 7) is 4.91. The molecule has 1 saturated carbocycles. The maximum absolute atomic E-state index is 13.7. The second kappa shape index (κ2) is 15.4. The third-order valence-corrected chi connectivity index (χ3v) is 14.7. The topological polar surface area (TPSA) is 154 Å². The number of nitrogens with one attached hydrogen (secondary N) is 2. The Morgan fingerprint density at radius 2 is 1.66 bits per heavy atom. The molecule has 50 heavy (non-hydrogen) atoms. The van der Waals surface area contributed by atoms with Crippen molar-refractivity contribution in [3.63, 3.8) is 0 Å². The summed E-state index contributed by atoms with van der Waals surface area (Å²) in [6, 6.07) is 21.5. The lowest BCUT2D eigenvalue weighted by Gasteiger charge is -2.38. The summed E-state index contributed by atoms with van der Waals surface area (Å²) in [6.07, 6.45) is 2.98. The van der Waals surface area contributed by atoms with E-state index in [0.717, 1.165) is 30.6 Å². The number of sulfonamides is 1. The molecular weight excluding hydrogens is 679 g/mol. The largest absolute Gasteiger partial charge is 0.491 e. The Labute approximate surface area is 296 Å². The van der Waals surface area contributed by atoms with Gasteiger partial charge in [-0.05, 0) is 92.1 Å². The standard InChI is InChI=1S/C37H49N3O8S2/c1-2-17-38-23-28-9-11-29(12-10-28)30-5-3-8-35(20-30)50(45,46)40-18-15-36(16-19-40)22-31(25-48-36)39-24-32(42)26-47-33-6-4-7-34(21-33)49(43,44)37(27-41)13-14-37/h3-12,20-21,31-32,38-39,41-42H,2,13-19,22-27H2,1H3/t31-,32-/m0/s1. The summed E-state index contributed by atoms with van der Waals surface area (Å²) in [5, 5.41) is 26.9. The van der Waals surface area contributed by atoms with Crippen LogP contribution in [0.1, 0.15) is 51.0 Å². The van der Waals surface area contributed by atoms with Gasteiger partial charge in [0, 0.05) is 32.2 Å². The van der Waals surface area contributed by atoms with E-state index in [1.54, 1.807) is 34.6 Å². The normalized spacial score (nSPS) is 20.9. The molecule has 6 rings (SSSR count). The maximum atomic E-state index is 13.7. The molecule has 2 saturated heterocycles. The average Bonchev–Trinajstić information content (AvgIpc) is 3.86. The molecule has 0 radical (unpaired) electrons. The molecule has 0 amide bonds. The van der Waals surface area contributed by atoms with Crippen LogP contribution in [-0.4, -0.2) is 99.8 Å². The molecular formula is C37H49N3O8S2. The molecule has 3 fully saturated rings. The molecule has 0 bridgehead atoms. The smallest absolute Gasteiger partial charge is 0.243 e. The van der Waals surface area contributed by atoms with Crippen molar-refractivity contribution >= 4 is 19.9 Å². The number of piperidine rings is 1. The fraction of sp³-hybridized carbons (Fsp3) is 0.514. The van der Waals surface area contributed by atoms with Crippen LogP contribution in [-0.2, 0) is 31.1 Å². The van der Waals surface area contributed by atoms with E-state index < -0.39 is 42.9 Å². The molecule has 1 spiro atoms. The first kappa shape index (κ1) is 36.9. The van der Waals surface area contributed by atoms with Gasteiger partial charge in [0.25, 0.3) is 0 Å². The van der Waals surface area contributed by atoms with Crippen molar-refractivity contribution in [2.45, 2.75) is 84.3 Å². The highest BCUT2D eigenvalue weighted by Crippen LogP contribution is 2.46. The minimum Gasteiger partial charge on any atom is -0.491 e. The van der Waals surface area contributed by atoms with Crippen molar-refractivity contribution < 1.29 is 36.5 Å². The summed E-state index contributed by atoms with van der Waals surface area (Å²) in [4.78, 5) is 0.389. The molecule has 0 unspecified atom stereocenters. The third-order valence-electron chi connectivity index (χ3n) is 10.2.